The number of rotatable bonds is 8. The summed E-state index contributed by atoms with van der Waals surface area (Å²) in [5.41, 5.74) is 7.49. The zero-order valence-corrected chi connectivity index (χ0v) is 16.2. The number of carbonyl (C=O) groups is 1. The number of nitrogens with one attached hydrogen (secondary N) is 1. The number of anilines is 1. The Bertz CT molecular complexity index is 1110. The van der Waals surface area contributed by atoms with E-state index in [4.69, 9.17) is 10.5 Å². The minimum absolute atomic E-state index is 0.215. The van der Waals surface area contributed by atoms with E-state index in [1.165, 1.54) is 6.20 Å². The van der Waals surface area contributed by atoms with Crippen molar-refractivity contribution in [1.29, 1.82) is 0 Å². The zero-order valence-electron chi connectivity index (χ0n) is 15.4. The molecule has 4 heterocycles. The van der Waals surface area contributed by atoms with Crippen LogP contribution in [0.5, 0.6) is 5.75 Å². The molecule has 4 aromatic rings. The molecule has 0 radical (unpaired) electrons. The third-order valence-corrected chi connectivity index (χ3v) is 5.10. The number of fused-ring (bicyclic) bond motifs is 1. The van der Waals surface area contributed by atoms with E-state index >= 15 is 0 Å². The number of primary amides is 1. The van der Waals surface area contributed by atoms with Gasteiger partial charge in [-0.2, -0.15) is 0 Å². The molecule has 9 heteroatoms. The molecule has 0 bridgehead atoms. The van der Waals surface area contributed by atoms with Gasteiger partial charge in [0.1, 0.15) is 28.4 Å². The summed E-state index contributed by atoms with van der Waals surface area (Å²) in [6.45, 7) is 1.18. The summed E-state index contributed by atoms with van der Waals surface area (Å²) in [5.74, 6) is 0.828. The fourth-order valence-corrected chi connectivity index (χ4v) is 3.74. The van der Waals surface area contributed by atoms with Crippen LogP contribution in [0.1, 0.15) is 16.9 Å². The van der Waals surface area contributed by atoms with E-state index in [1.54, 1.807) is 36.0 Å². The van der Waals surface area contributed by atoms with Crippen molar-refractivity contribution in [2.24, 2.45) is 5.73 Å². The molecular formula is C20H18N6O2S. The Balaban J connectivity index is 1.37. The quantitative estimate of drug-likeness (QED) is 0.432. The van der Waals surface area contributed by atoms with Gasteiger partial charge in [0.05, 0.1) is 18.2 Å². The van der Waals surface area contributed by atoms with Crippen LogP contribution in [0.2, 0.25) is 0 Å². The topological polar surface area (TPSA) is 116 Å². The van der Waals surface area contributed by atoms with Crippen molar-refractivity contribution in [1.82, 2.24) is 19.9 Å². The number of nitrogens with zero attached hydrogens (tertiary/aromatic N) is 4. The number of ether oxygens (including phenoxy) is 1. The van der Waals surface area contributed by atoms with E-state index < -0.39 is 5.91 Å². The van der Waals surface area contributed by atoms with Crippen LogP contribution in [0.25, 0.3) is 21.3 Å². The molecule has 3 N–H and O–H groups in total. The van der Waals surface area contributed by atoms with Crippen molar-refractivity contribution < 1.29 is 9.53 Å². The SMILES string of the molecule is NC(=O)c1ccc(OCCCNc2ncnc3scc(-c4cccnc4)c23)cn1. The highest BCUT2D eigenvalue weighted by molar-refractivity contribution is 7.17. The van der Waals surface area contributed by atoms with Crippen LogP contribution in [0.3, 0.4) is 0 Å². The fraction of sp³-hybridized carbons (Fsp3) is 0.150. The van der Waals surface area contributed by atoms with Gasteiger partial charge in [0.2, 0.25) is 0 Å². The van der Waals surface area contributed by atoms with E-state index in [2.05, 4.69) is 30.6 Å². The molecule has 0 aromatic carbocycles. The molecule has 8 nitrogen and oxygen atoms in total. The smallest absolute Gasteiger partial charge is 0.267 e. The van der Waals surface area contributed by atoms with Crippen molar-refractivity contribution >= 4 is 33.3 Å². The fourth-order valence-electron chi connectivity index (χ4n) is 2.82. The third kappa shape index (κ3) is 4.30. The normalized spacial score (nSPS) is 10.8. The Morgan fingerprint density at radius 3 is 2.86 bits per heavy atom. The summed E-state index contributed by atoms with van der Waals surface area (Å²) in [7, 11) is 0. The van der Waals surface area contributed by atoms with Crippen molar-refractivity contribution in [2.45, 2.75) is 6.42 Å². The number of carbonyl (C=O) groups excluding carboxylic acids is 1. The Labute approximate surface area is 170 Å². The average molecular weight is 406 g/mol. The Morgan fingerprint density at radius 1 is 1.17 bits per heavy atom. The first kappa shape index (κ1) is 18.8. The van der Waals surface area contributed by atoms with Gasteiger partial charge >= 0.3 is 0 Å². The number of hydrogen-bond donors (Lipinski definition) is 2. The second-order valence-corrected chi connectivity index (χ2v) is 7.02. The second kappa shape index (κ2) is 8.61. The summed E-state index contributed by atoms with van der Waals surface area (Å²) in [4.78, 5) is 28.9. The summed E-state index contributed by atoms with van der Waals surface area (Å²) in [6, 6.07) is 7.17. The maximum Gasteiger partial charge on any atom is 0.267 e. The maximum atomic E-state index is 11.0. The van der Waals surface area contributed by atoms with Crippen LogP contribution >= 0.6 is 11.3 Å². The molecule has 0 fully saturated rings. The van der Waals surface area contributed by atoms with Gasteiger partial charge in [-0.25, -0.2) is 15.0 Å². The Morgan fingerprint density at radius 2 is 2.10 bits per heavy atom. The highest BCUT2D eigenvalue weighted by Gasteiger charge is 2.13. The molecule has 4 aromatic heterocycles. The van der Waals surface area contributed by atoms with Gasteiger partial charge in [0, 0.05) is 35.4 Å². The van der Waals surface area contributed by atoms with Crippen molar-refractivity contribution in [3.8, 4) is 16.9 Å². The molecule has 0 aliphatic rings. The predicted octanol–water partition coefficient (Wildman–Crippen LogP) is 3.13. The van der Waals surface area contributed by atoms with E-state index in [1.807, 2.05) is 18.3 Å². The van der Waals surface area contributed by atoms with E-state index in [0.29, 0.717) is 18.9 Å². The lowest BCUT2D eigenvalue weighted by molar-refractivity contribution is 0.0995. The van der Waals surface area contributed by atoms with Gasteiger partial charge in [-0.05, 0) is 24.6 Å². The minimum atomic E-state index is -0.559. The Kier molecular flexibility index (Phi) is 5.57. The number of nitrogens with two attached hydrogens (primary N) is 1. The predicted molar refractivity (Wildman–Crippen MR) is 112 cm³/mol. The summed E-state index contributed by atoms with van der Waals surface area (Å²) >= 11 is 1.58. The summed E-state index contributed by atoms with van der Waals surface area (Å²) in [5, 5.41) is 6.45. The molecule has 0 unspecified atom stereocenters. The molecule has 0 saturated carbocycles. The van der Waals surface area contributed by atoms with Crippen molar-refractivity contribution in [3.63, 3.8) is 0 Å². The van der Waals surface area contributed by atoms with E-state index in [0.717, 1.165) is 33.6 Å². The molecular weight excluding hydrogens is 388 g/mol. The standard InChI is InChI=1S/C20H18N6O2S/c21-18(27)16-5-4-14(10-24-16)28-8-2-7-23-19-17-15(13-3-1-6-22-9-13)11-29-20(17)26-12-25-19/h1,3-6,9-12H,2,7-8H2,(H2,21,27)(H,23,25,26). The number of hydrogen-bond acceptors (Lipinski definition) is 8. The van der Waals surface area contributed by atoms with Crippen molar-refractivity contribution in [3.05, 3.63) is 60.3 Å². The number of aromatic nitrogens is 4. The van der Waals surface area contributed by atoms with Crippen LogP contribution in [0, 0.1) is 0 Å². The lowest BCUT2D eigenvalue weighted by atomic mass is 10.1. The highest BCUT2D eigenvalue weighted by atomic mass is 32.1. The molecule has 0 spiro atoms. The third-order valence-electron chi connectivity index (χ3n) is 4.21. The Hall–Kier alpha value is -3.59. The molecule has 29 heavy (non-hydrogen) atoms. The lowest BCUT2D eigenvalue weighted by Gasteiger charge is -2.09. The monoisotopic (exact) mass is 406 g/mol. The molecule has 0 aliphatic carbocycles. The van der Waals surface area contributed by atoms with Crippen molar-refractivity contribution in [2.75, 3.05) is 18.5 Å². The van der Waals surface area contributed by atoms with Crippen LogP contribution in [0.15, 0.2) is 54.6 Å². The van der Waals surface area contributed by atoms with Gasteiger partial charge in [-0.1, -0.05) is 6.07 Å². The van der Waals surface area contributed by atoms with Gasteiger partial charge < -0.3 is 15.8 Å². The molecule has 0 saturated heterocycles. The number of amides is 1. The average Bonchev–Trinajstić information content (AvgIpc) is 3.19. The van der Waals surface area contributed by atoms with Crippen LogP contribution < -0.4 is 15.8 Å². The van der Waals surface area contributed by atoms with Crippen LogP contribution in [0.4, 0.5) is 5.82 Å². The number of thiophene rings is 1. The van der Waals surface area contributed by atoms with Crippen LogP contribution in [-0.2, 0) is 0 Å². The first-order valence-corrected chi connectivity index (χ1v) is 9.85. The lowest BCUT2D eigenvalue weighted by Crippen LogP contribution is -2.13. The first-order chi connectivity index (χ1) is 14.2. The molecule has 1 amide bonds. The number of pyridine rings is 2. The van der Waals surface area contributed by atoms with E-state index in [9.17, 15) is 4.79 Å². The molecule has 0 atom stereocenters. The highest BCUT2D eigenvalue weighted by Crippen LogP contribution is 2.35. The molecule has 4 rings (SSSR count). The van der Waals surface area contributed by atoms with Crippen LogP contribution in [-0.4, -0.2) is 39.0 Å². The maximum absolute atomic E-state index is 11.0. The first-order valence-electron chi connectivity index (χ1n) is 8.97. The van der Waals surface area contributed by atoms with Gasteiger partial charge in [0.25, 0.3) is 5.91 Å². The zero-order chi connectivity index (χ0) is 20.1. The summed E-state index contributed by atoms with van der Waals surface area (Å²) < 4.78 is 5.65. The van der Waals surface area contributed by atoms with E-state index in [-0.39, 0.29) is 5.69 Å². The minimum Gasteiger partial charge on any atom is -0.492 e. The molecule has 0 aliphatic heterocycles. The largest absolute Gasteiger partial charge is 0.492 e. The van der Waals surface area contributed by atoms with Gasteiger partial charge in [-0.15, -0.1) is 11.3 Å². The molecule has 146 valence electrons. The summed E-state index contributed by atoms with van der Waals surface area (Å²) in [6.07, 6.45) is 7.41. The van der Waals surface area contributed by atoms with Gasteiger partial charge in [-0.3, -0.25) is 9.78 Å². The second-order valence-electron chi connectivity index (χ2n) is 6.17. The van der Waals surface area contributed by atoms with Gasteiger partial charge in [0.15, 0.2) is 0 Å².